The lowest BCUT2D eigenvalue weighted by Gasteiger charge is -2.27. The molecule has 2 aliphatic rings. The van der Waals surface area contributed by atoms with Crippen LogP contribution in [-0.2, 0) is 0 Å². The van der Waals surface area contributed by atoms with Gasteiger partial charge in [-0.15, -0.1) is 0 Å². The number of anilines is 3. The van der Waals surface area contributed by atoms with E-state index >= 15 is 0 Å². The van der Waals surface area contributed by atoms with Crippen molar-refractivity contribution in [3.63, 3.8) is 0 Å². The zero-order chi connectivity index (χ0) is 24.8. The van der Waals surface area contributed by atoms with Gasteiger partial charge in [0.25, 0.3) is 0 Å². The van der Waals surface area contributed by atoms with Crippen LogP contribution in [0.3, 0.4) is 0 Å². The summed E-state index contributed by atoms with van der Waals surface area (Å²) < 4.78 is 27.4. The van der Waals surface area contributed by atoms with Crippen LogP contribution >= 0.6 is 0 Å². The molecular formula is C26H26F2N8. The first-order chi connectivity index (χ1) is 17.5. The minimum absolute atomic E-state index is 0.107. The predicted octanol–water partition coefficient (Wildman–Crippen LogP) is 4.52. The van der Waals surface area contributed by atoms with Crippen LogP contribution in [0.2, 0.25) is 0 Å². The minimum atomic E-state index is -0.798. The Bertz CT molecular complexity index is 1440. The second-order valence-electron chi connectivity index (χ2n) is 9.62. The fourth-order valence-electron chi connectivity index (χ4n) is 4.84. The zero-order valence-corrected chi connectivity index (χ0v) is 20.1. The molecule has 10 heteroatoms. The summed E-state index contributed by atoms with van der Waals surface area (Å²) in [6.07, 6.45) is 9.69. The van der Waals surface area contributed by atoms with Crippen LogP contribution in [0.5, 0.6) is 0 Å². The molecule has 1 atom stereocenters. The summed E-state index contributed by atoms with van der Waals surface area (Å²) in [5.74, 6) is 0.641. The predicted molar refractivity (Wildman–Crippen MR) is 134 cm³/mol. The molecule has 6 rings (SSSR count). The van der Waals surface area contributed by atoms with Crippen molar-refractivity contribution in [3.05, 3.63) is 60.2 Å². The maximum absolute atomic E-state index is 14.1. The Balaban J connectivity index is 1.43. The monoisotopic (exact) mass is 488 g/mol. The molecule has 0 amide bonds. The second-order valence-corrected chi connectivity index (χ2v) is 9.62. The largest absolute Gasteiger partial charge is 0.355 e. The van der Waals surface area contributed by atoms with Crippen molar-refractivity contribution in [1.82, 2.24) is 29.8 Å². The molecule has 0 spiro atoms. The number of hydrogen-bond donors (Lipinski definition) is 1. The van der Waals surface area contributed by atoms with Crippen LogP contribution in [0.4, 0.5) is 26.2 Å². The molecular weight excluding hydrogens is 462 g/mol. The highest BCUT2D eigenvalue weighted by atomic mass is 19.1. The SMILES string of the molecule is CN1CCC(N(C)c2nc(-c3ccnc(Nc4ncc(F)cc4F)c3)nc3cncc(C4CC4)c23)C1. The molecule has 1 saturated carbocycles. The molecule has 0 bridgehead atoms. The molecule has 5 heterocycles. The number of pyridine rings is 3. The summed E-state index contributed by atoms with van der Waals surface area (Å²) in [4.78, 5) is 27.1. The van der Waals surface area contributed by atoms with E-state index < -0.39 is 11.6 Å². The van der Waals surface area contributed by atoms with E-state index in [-0.39, 0.29) is 5.82 Å². The molecule has 0 radical (unpaired) electrons. The summed E-state index contributed by atoms with van der Waals surface area (Å²) in [6.45, 7) is 2.02. The number of nitrogens with zero attached hydrogens (tertiary/aromatic N) is 7. The van der Waals surface area contributed by atoms with Gasteiger partial charge in [-0.25, -0.2) is 28.7 Å². The van der Waals surface area contributed by atoms with Gasteiger partial charge >= 0.3 is 0 Å². The van der Waals surface area contributed by atoms with Crippen LogP contribution < -0.4 is 10.2 Å². The standard InChI is InChI=1S/C26H26F2N8/c1-35-8-6-18(14-35)36(2)26-23-19(15-3-4-15)12-29-13-21(23)32-24(34-26)16-5-7-30-22(9-16)33-25-20(28)10-17(27)11-31-25/h5,7,9-13,15,18H,3-4,6,8,14H2,1-2H3,(H,30,31,33). The fourth-order valence-corrected chi connectivity index (χ4v) is 4.84. The Morgan fingerprint density at radius 1 is 1.06 bits per heavy atom. The average molecular weight is 489 g/mol. The molecule has 1 saturated heterocycles. The van der Waals surface area contributed by atoms with Gasteiger partial charge in [0.1, 0.15) is 17.5 Å². The number of hydrogen-bond acceptors (Lipinski definition) is 8. The molecule has 1 aliphatic carbocycles. The van der Waals surface area contributed by atoms with E-state index in [0.717, 1.165) is 61.3 Å². The van der Waals surface area contributed by atoms with Crippen LogP contribution in [0.15, 0.2) is 43.0 Å². The van der Waals surface area contributed by atoms with Crippen molar-refractivity contribution in [2.75, 3.05) is 37.4 Å². The van der Waals surface area contributed by atoms with Crippen molar-refractivity contribution in [3.8, 4) is 11.4 Å². The van der Waals surface area contributed by atoms with Crippen molar-refractivity contribution < 1.29 is 8.78 Å². The van der Waals surface area contributed by atoms with Gasteiger partial charge in [0.2, 0.25) is 0 Å². The molecule has 4 aromatic rings. The van der Waals surface area contributed by atoms with Gasteiger partial charge in [-0.05, 0) is 56.5 Å². The molecule has 184 valence electrons. The van der Waals surface area contributed by atoms with Crippen LogP contribution in [0, 0.1) is 11.6 Å². The van der Waals surface area contributed by atoms with Crippen LogP contribution in [0.1, 0.15) is 30.7 Å². The first-order valence-electron chi connectivity index (χ1n) is 12.1. The van der Waals surface area contributed by atoms with E-state index in [0.29, 0.717) is 29.2 Å². The molecule has 36 heavy (non-hydrogen) atoms. The highest BCUT2D eigenvalue weighted by Crippen LogP contribution is 2.45. The first kappa shape index (κ1) is 22.7. The van der Waals surface area contributed by atoms with Crippen molar-refractivity contribution in [1.29, 1.82) is 0 Å². The normalized spacial score (nSPS) is 18.1. The Morgan fingerprint density at radius 3 is 2.67 bits per heavy atom. The van der Waals surface area contributed by atoms with Gasteiger partial charge in [0.05, 0.1) is 17.9 Å². The first-order valence-corrected chi connectivity index (χ1v) is 12.1. The lowest BCUT2D eigenvalue weighted by Crippen LogP contribution is -2.34. The molecule has 1 N–H and O–H groups in total. The third-order valence-electron chi connectivity index (χ3n) is 6.95. The molecule has 2 fully saturated rings. The number of likely N-dealkylation sites (tertiary alicyclic amines) is 1. The van der Waals surface area contributed by atoms with Crippen molar-refractivity contribution in [2.45, 2.75) is 31.2 Å². The Hall–Kier alpha value is -3.79. The highest BCUT2D eigenvalue weighted by Gasteiger charge is 2.31. The Morgan fingerprint density at radius 2 is 1.92 bits per heavy atom. The summed E-state index contributed by atoms with van der Waals surface area (Å²) in [5.41, 5.74) is 2.73. The van der Waals surface area contributed by atoms with E-state index in [4.69, 9.17) is 9.97 Å². The van der Waals surface area contributed by atoms with E-state index in [1.54, 1.807) is 18.5 Å². The van der Waals surface area contributed by atoms with Crippen molar-refractivity contribution in [2.24, 2.45) is 0 Å². The molecule has 4 aromatic heterocycles. The van der Waals surface area contributed by atoms with Crippen LogP contribution in [0.25, 0.3) is 22.3 Å². The van der Waals surface area contributed by atoms with Gasteiger partial charge in [-0.1, -0.05) is 0 Å². The van der Waals surface area contributed by atoms with Gasteiger partial charge in [-0.2, -0.15) is 0 Å². The van der Waals surface area contributed by atoms with Crippen LogP contribution in [-0.4, -0.2) is 63.0 Å². The summed E-state index contributed by atoms with van der Waals surface area (Å²) in [6, 6.07) is 4.67. The molecule has 0 aromatic carbocycles. The zero-order valence-electron chi connectivity index (χ0n) is 20.1. The maximum atomic E-state index is 14.1. The van der Waals surface area contributed by atoms with Crippen molar-refractivity contribution >= 4 is 28.4 Å². The van der Waals surface area contributed by atoms with Gasteiger partial charge in [-0.3, -0.25) is 4.98 Å². The minimum Gasteiger partial charge on any atom is -0.355 e. The number of nitrogens with one attached hydrogen (secondary N) is 1. The van der Waals surface area contributed by atoms with Gasteiger partial charge < -0.3 is 15.1 Å². The lowest BCUT2D eigenvalue weighted by atomic mass is 10.1. The third-order valence-corrected chi connectivity index (χ3v) is 6.95. The maximum Gasteiger partial charge on any atom is 0.168 e. The average Bonchev–Trinajstić information content (AvgIpc) is 3.64. The highest BCUT2D eigenvalue weighted by molar-refractivity contribution is 5.94. The number of rotatable bonds is 6. The number of aromatic nitrogens is 5. The fraction of sp³-hybridized carbons (Fsp3) is 0.346. The summed E-state index contributed by atoms with van der Waals surface area (Å²) >= 11 is 0. The molecule has 1 aliphatic heterocycles. The smallest absolute Gasteiger partial charge is 0.168 e. The number of likely N-dealkylation sites (N-methyl/N-ethyl adjacent to an activating group) is 2. The third kappa shape index (κ3) is 4.32. The van der Waals surface area contributed by atoms with Gasteiger partial charge in [0.15, 0.2) is 17.5 Å². The van der Waals surface area contributed by atoms with E-state index in [1.807, 2.05) is 12.3 Å². The molecule has 1 unspecified atom stereocenters. The Kier molecular flexibility index (Phi) is 5.67. The lowest BCUT2D eigenvalue weighted by molar-refractivity contribution is 0.409. The van der Waals surface area contributed by atoms with E-state index in [2.05, 4.69) is 44.2 Å². The number of halogens is 2. The quantitative estimate of drug-likeness (QED) is 0.424. The summed E-state index contributed by atoms with van der Waals surface area (Å²) in [7, 11) is 4.25. The second kappa shape index (κ2) is 9.02. The molecule has 8 nitrogen and oxygen atoms in total. The summed E-state index contributed by atoms with van der Waals surface area (Å²) in [5, 5.41) is 3.89. The Labute approximate surface area is 207 Å². The van der Waals surface area contributed by atoms with E-state index in [1.165, 1.54) is 5.56 Å². The van der Waals surface area contributed by atoms with E-state index in [9.17, 15) is 8.78 Å². The topological polar surface area (TPSA) is 83.0 Å². The van der Waals surface area contributed by atoms with Gasteiger partial charge in [0, 0.05) is 49.0 Å². The number of fused-ring (bicyclic) bond motifs is 1.